The molecule has 0 bridgehead atoms. The summed E-state index contributed by atoms with van der Waals surface area (Å²) in [5, 5.41) is 0. The SMILES string of the molecule is CCCCC(CCCC)O[Si](C)(CN)OC. The van der Waals surface area contributed by atoms with E-state index in [1.165, 1.54) is 25.7 Å². The minimum atomic E-state index is -2.08. The second kappa shape index (κ2) is 9.16. The summed E-state index contributed by atoms with van der Waals surface area (Å²) < 4.78 is 11.6. The Morgan fingerprint density at radius 1 is 1.12 bits per heavy atom. The van der Waals surface area contributed by atoms with Gasteiger partial charge in [-0.3, -0.25) is 0 Å². The Hall–Kier alpha value is 0.0969. The zero-order chi connectivity index (χ0) is 12.4. The fraction of sp³-hybridized carbons (Fsp3) is 1.00. The maximum absolute atomic E-state index is 6.13. The number of unbranched alkanes of at least 4 members (excludes halogenated alkanes) is 2. The van der Waals surface area contributed by atoms with Crippen LogP contribution in [0.4, 0.5) is 0 Å². The van der Waals surface area contributed by atoms with Crippen LogP contribution in [0.25, 0.3) is 0 Å². The quantitative estimate of drug-likeness (QED) is 0.604. The van der Waals surface area contributed by atoms with E-state index in [0.29, 0.717) is 12.3 Å². The van der Waals surface area contributed by atoms with Crippen molar-refractivity contribution in [3.63, 3.8) is 0 Å². The molecule has 0 aromatic heterocycles. The first-order valence-electron chi connectivity index (χ1n) is 6.54. The Kier molecular flexibility index (Phi) is 9.22. The number of hydrogen-bond donors (Lipinski definition) is 1. The zero-order valence-corrected chi connectivity index (χ0v) is 12.4. The number of nitrogens with two attached hydrogens (primary N) is 1. The van der Waals surface area contributed by atoms with E-state index in [1.807, 2.05) is 0 Å². The summed E-state index contributed by atoms with van der Waals surface area (Å²) in [6.07, 6.45) is 8.07. The first-order chi connectivity index (χ1) is 7.61. The predicted molar refractivity (Wildman–Crippen MR) is 71.6 cm³/mol. The van der Waals surface area contributed by atoms with Gasteiger partial charge in [0, 0.05) is 19.4 Å². The van der Waals surface area contributed by atoms with Crippen molar-refractivity contribution in [3.8, 4) is 0 Å². The van der Waals surface area contributed by atoms with Gasteiger partial charge >= 0.3 is 8.56 Å². The highest BCUT2D eigenvalue weighted by Crippen LogP contribution is 2.17. The molecule has 0 aliphatic carbocycles. The lowest BCUT2D eigenvalue weighted by Crippen LogP contribution is -2.48. The maximum atomic E-state index is 6.13. The van der Waals surface area contributed by atoms with Gasteiger partial charge in [-0.1, -0.05) is 39.5 Å². The van der Waals surface area contributed by atoms with Crippen molar-refractivity contribution in [2.45, 2.75) is 65.0 Å². The van der Waals surface area contributed by atoms with Crippen LogP contribution in [0.15, 0.2) is 0 Å². The fourth-order valence-electron chi connectivity index (χ4n) is 1.66. The third kappa shape index (κ3) is 6.63. The van der Waals surface area contributed by atoms with Gasteiger partial charge in [0.1, 0.15) is 0 Å². The molecule has 0 aliphatic rings. The van der Waals surface area contributed by atoms with Crippen LogP contribution < -0.4 is 5.73 Å². The first kappa shape index (κ1) is 16.1. The van der Waals surface area contributed by atoms with Crippen molar-refractivity contribution < 1.29 is 8.85 Å². The van der Waals surface area contributed by atoms with E-state index in [-0.39, 0.29) is 0 Å². The van der Waals surface area contributed by atoms with E-state index in [9.17, 15) is 0 Å². The summed E-state index contributed by atoms with van der Waals surface area (Å²) in [7, 11) is -0.365. The van der Waals surface area contributed by atoms with Crippen LogP contribution in [-0.4, -0.2) is 27.9 Å². The minimum Gasteiger partial charge on any atom is -0.397 e. The lowest BCUT2D eigenvalue weighted by molar-refractivity contribution is 0.115. The summed E-state index contributed by atoms with van der Waals surface area (Å²) in [5.41, 5.74) is 5.73. The highest BCUT2D eigenvalue weighted by Gasteiger charge is 2.31. The summed E-state index contributed by atoms with van der Waals surface area (Å²) >= 11 is 0. The fourth-order valence-corrected chi connectivity index (χ4v) is 2.96. The molecule has 0 heterocycles. The van der Waals surface area contributed by atoms with E-state index in [1.54, 1.807) is 7.11 Å². The Morgan fingerprint density at radius 3 is 1.94 bits per heavy atom. The van der Waals surface area contributed by atoms with E-state index >= 15 is 0 Å². The molecular formula is C12H29NO2Si. The van der Waals surface area contributed by atoms with Gasteiger partial charge in [0.15, 0.2) is 0 Å². The van der Waals surface area contributed by atoms with Gasteiger partial charge in [0.25, 0.3) is 0 Å². The minimum absolute atomic E-state index is 0.347. The van der Waals surface area contributed by atoms with Gasteiger partial charge in [0.2, 0.25) is 0 Å². The molecule has 0 rings (SSSR count). The second-order valence-electron chi connectivity index (χ2n) is 4.57. The van der Waals surface area contributed by atoms with Crippen LogP contribution in [0.2, 0.25) is 6.55 Å². The lowest BCUT2D eigenvalue weighted by atomic mass is 10.1. The van der Waals surface area contributed by atoms with Crippen molar-refractivity contribution in [1.82, 2.24) is 0 Å². The molecular weight excluding hydrogens is 218 g/mol. The van der Waals surface area contributed by atoms with Gasteiger partial charge < -0.3 is 14.6 Å². The normalized spacial score (nSPS) is 15.4. The van der Waals surface area contributed by atoms with Crippen molar-refractivity contribution in [2.24, 2.45) is 5.73 Å². The predicted octanol–water partition coefficient (Wildman–Crippen LogP) is 2.97. The molecule has 1 atom stereocenters. The number of rotatable bonds is 10. The Balaban J connectivity index is 4.15. The van der Waals surface area contributed by atoms with E-state index in [0.717, 1.165) is 12.8 Å². The summed E-state index contributed by atoms with van der Waals surface area (Å²) in [4.78, 5) is 0. The molecule has 0 saturated heterocycles. The third-order valence-corrected chi connectivity index (χ3v) is 5.41. The van der Waals surface area contributed by atoms with Crippen molar-refractivity contribution in [1.29, 1.82) is 0 Å². The van der Waals surface area contributed by atoms with Gasteiger partial charge in [0.05, 0.1) is 0 Å². The van der Waals surface area contributed by atoms with E-state index in [2.05, 4.69) is 20.4 Å². The highest BCUT2D eigenvalue weighted by atomic mass is 28.4. The van der Waals surface area contributed by atoms with E-state index in [4.69, 9.17) is 14.6 Å². The van der Waals surface area contributed by atoms with Gasteiger partial charge in [-0.2, -0.15) is 0 Å². The molecule has 0 aromatic rings. The van der Waals surface area contributed by atoms with Crippen molar-refractivity contribution >= 4 is 8.56 Å². The zero-order valence-electron chi connectivity index (χ0n) is 11.4. The molecule has 16 heavy (non-hydrogen) atoms. The Labute approximate surface area is 102 Å². The molecule has 0 saturated carbocycles. The molecule has 0 aliphatic heterocycles. The maximum Gasteiger partial charge on any atom is 0.348 e. The molecule has 4 heteroatoms. The Bertz CT molecular complexity index is 155. The van der Waals surface area contributed by atoms with Crippen molar-refractivity contribution in [3.05, 3.63) is 0 Å². The molecule has 2 N–H and O–H groups in total. The first-order valence-corrected chi connectivity index (χ1v) is 9.07. The van der Waals surface area contributed by atoms with Gasteiger partial charge in [-0.05, 0) is 19.4 Å². The Morgan fingerprint density at radius 2 is 1.62 bits per heavy atom. The molecule has 0 fully saturated rings. The largest absolute Gasteiger partial charge is 0.397 e. The van der Waals surface area contributed by atoms with Gasteiger partial charge in [-0.25, -0.2) is 0 Å². The van der Waals surface area contributed by atoms with Crippen LogP contribution in [-0.2, 0) is 8.85 Å². The van der Waals surface area contributed by atoms with E-state index < -0.39 is 8.56 Å². The van der Waals surface area contributed by atoms with Crippen LogP contribution in [0.5, 0.6) is 0 Å². The average molecular weight is 247 g/mol. The number of hydrogen-bond acceptors (Lipinski definition) is 3. The molecule has 1 unspecified atom stereocenters. The summed E-state index contributed by atoms with van der Waals surface area (Å²) in [6, 6.07) is 0. The van der Waals surface area contributed by atoms with Crippen LogP contribution in [0.3, 0.4) is 0 Å². The van der Waals surface area contributed by atoms with Crippen LogP contribution in [0, 0.1) is 0 Å². The second-order valence-corrected chi connectivity index (χ2v) is 7.89. The summed E-state index contributed by atoms with van der Waals surface area (Å²) in [6.45, 7) is 6.48. The third-order valence-electron chi connectivity index (χ3n) is 2.98. The average Bonchev–Trinajstić information content (AvgIpc) is 2.32. The molecule has 3 nitrogen and oxygen atoms in total. The summed E-state index contributed by atoms with van der Waals surface area (Å²) in [5.74, 6) is 0. The molecule has 98 valence electrons. The molecule has 0 aromatic carbocycles. The monoisotopic (exact) mass is 247 g/mol. The highest BCUT2D eigenvalue weighted by molar-refractivity contribution is 6.66. The standard InChI is InChI=1S/C12H29NO2Si/c1-5-7-9-12(10-8-6-2)15-16(4,11-13)14-3/h12H,5-11,13H2,1-4H3. The molecule has 0 spiro atoms. The van der Waals surface area contributed by atoms with Crippen LogP contribution >= 0.6 is 0 Å². The van der Waals surface area contributed by atoms with Gasteiger partial charge in [-0.15, -0.1) is 0 Å². The molecule has 0 amide bonds. The smallest absolute Gasteiger partial charge is 0.348 e. The molecule has 0 radical (unpaired) electrons. The van der Waals surface area contributed by atoms with Crippen LogP contribution in [0.1, 0.15) is 52.4 Å². The topological polar surface area (TPSA) is 44.5 Å². The lowest BCUT2D eigenvalue weighted by Gasteiger charge is -2.29. The van der Waals surface area contributed by atoms with Crippen molar-refractivity contribution in [2.75, 3.05) is 13.3 Å².